The highest BCUT2D eigenvalue weighted by molar-refractivity contribution is 5.17. The fraction of sp³-hybridized carbons (Fsp3) is 0.714. The summed E-state index contributed by atoms with van der Waals surface area (Å²) in [5.41, 5.74) is 0.877. The maximum Gasteiger partial charge on any atom is 0.320 e. The lowest BCUT2D eigenvalue weighted by Gasteiger charge is -2.34. The first-order chi connectivity index (χ1) is 9.21. The first kappa shape index (κ1) is 14.1. The van der Waals surface area contributed by atoms with E-state index in [4.69, 9.17) is 9.47 Å². The number of ether oxygens (including phenoxy) is 2. The molecule has 0 bridgehead atoms. The van der Waals surface area contributed by atoms with Gasteiger partial charge in [0.25, 0.3) is 0 Å². The summed E-state index contributed by atoms with van der Waals surface area (Å²) in [4.78, 5) is 8.60. The Morgan fingerprint density at radius 1 is 1.37 bits per heavy atom. The average molecular weight is 265 g/mol. The molecule has 1 N–H and O–H groups in total. The zero-order valence-electron chi connectivity index (χ0n) is 12.0. The Balaban J connectivity index is 1.88. The third-order valence-electron chi connectivity index (χ3n) is 3.22. The van der Waals surface area contributed by atoms with Crippen LogP contribution in [0.1, 0.15) is 31.9 Å². The fourth-order valence-electron chi connectivity index (χ4n) is 2.22. The lowest BCUT2D eigenvalue weighted by molar-refractivity contribution is 0.0563. The molecule has 0 spiro atoms. The van der Waals surface area contributed by atoms with Crippen molar-refractivity contribution in [2.75, 3.05) is 20.2 Å². The van der Waals surface area contributed by atoms with E-state index in [1.165, 1.54) is 0 Å². The summed E-state index contributed by atoms with van der Waals surface area (Å²) in [7, 11) is 1.98. The Labute approximate surface area is 114 Å². The second-order valence-corrected chi connectivity index (χ2v) is 5.11. The molecule has 0 atom stereocenters. The molecule has 19 heavy (non-hydrogen) atoms. The maximum absolute atomic E-state index is 5.80. The molecular formula is C14H23N3O2. The molecule has 2 rings (SSSR count). The van der Waals surface area contributed by atoms with Gasteiger partial charge in [-0.25, -0.2) is 4.98 Å². The van der Waals surface area contributed by atoms with Gasteiger partial charge in [-0.2, -0.15) is 4.98 Å². The van der Waals surface area contributed by atoms with Crippen molar-refractivity contribution < 1.29 is 9.47 Å². The highest BCUT2D eigenvalue weighted by Crippen LogP contribution is 2.30. The standard InChI is InChI=1S/C14H23N3O2/c1-4-5-18-13-6-10(2)16-14(17-13)19-12-7-11(8-12)9-15-3/h6,11-12,15H,4-5,7-9H2,1-3H3. The molecule has 1 fully saturated rings. The molecule has 0 unspecified atom stereocenters. The Morgan fingerprint density at radius 3 is 2.84 bits per heavy atom. The van der Waals surface area contributed by atoms with E-state index >= 15 is 0 Å². The quantitative estimate of drug-likeness (QED) is 0.816. The minimum atomic E-state index is 0.249. The second-order valence-electron chi connectivity index (χ2n) is 5.11. The van der Waals surface area contributed by atoms with E-state index in [0.717, 1.165) is 37.4 Å². The van der Waals surface area contributed by atoms with E-state index in [9.17, 15) is 0 Å². The predicted octanol–water partition coefficient (Wildman–Crippen LogP) is 1.95. The summed E-state index contributed by atoms with van der Waals surface area (Å²) in [6.45, 7) is 5.72. The summed E-state index contributed by atoms with van der Waals surface area (Å²) in [6, 6.07) is 2.28. The SMILES string of the molecule is CCCOc1cc(C)nc(OC2CC(CNC)C2)n1. The van der Waals surface area contributed by atoms with Gasteiger partial charge in [-0.3, -0.25) is 0 Å². The van der Waals surface area contributed by atoms with Crippen LogP contribution in [0.3, 0.4) is 0 Å². The molecule has 1 aliphatic carbocycles. The fourth-order valence-corrected chi connectivity index (χ4v) is 2.22. The van der Waals surface area contributed by atoms with Gasteiger partial charge in [-0.05, 0) is 45.7 Å². The first-order valence-corrected chi connectivity index (χ1v) is 7.01. The third-order valence-corrected chi connectivity index (χ3v) is 3.22. The van der Waals surface area contributed by atoms with Crippen molar-refractivity contribution in [1.29, 1.82) is 0 Å². The topological polar surface area (TPSA) is 56.3 Å². The van der Waals surface area contributed by atoms with Crippen LogP contribution in [0.15, 0.2) is 6.07 Å². The molecule has 5 nitrogen and oxygen atoms in total. The molecule has 1 aliphatic rings. The molecule has 5 heteroatoms. The van der Waals surface area contributed by atoms with Crippen molar-refractivity contribution in [2.24, 2.45) is 5.92 Å². The molecule has 0 saturated heterocycles. The minimum absolute atomic E-state index is 0.249. The molecule has 106 valence electrons. The zero-order chi connectivity index (χ0) is 13.7. The van der Waals surface area contributed by atoms with Gasteiger partial charge in [0.1, 0.15) is 6.10 Å². The van der Waals surface area contributed by atoms with Crippen LogP contribution in [0.5, 0.6) is 11.9 Å². The molecule has 0 amide bonds. The van der Waals surface area contributed by atoms with Gasteiger partial charge in [0, 0.05) is 11.8 Å². The number of rotatable bonds is 7. The highest BCUT2D eigenvalue weighted by Gasteiger charge is 2.30. The van der Waals surface area contributed by atoms with Gasteiger partial charge < -0.3 is 14.8 Å². The smallest absolute Gasteiger partial charge is 0.320 e. The van der Waals surface area contributed by atoms with E-state index in [1.807, 2.05) is 20.0 Å². The van der Waals surface area contributed by atoms with Crippen molar-refractivity contribution in [3.05, 3.63) is 11.8 Å². The lowest BCUT2D eigenvalue weighted by Crippen LogP contribution is -2.39. The number of hydrogen-bond donors (Lipinski definition) is 1. The van der Waals surface area contributed by atoms with Gasteiger partial charge in [0.05, 0.1) is 6.61 Å². The van der Waals surface area contributed by atoms with Crippen molar-refractivity contribution in [3.8, 4) is 11.9 Å². The number of hydrogen-bond acceptors (Lipinski definition) is 5. The van der Waals surface area contributed by atoms with E-state index in [-0.39, 0.29) is 6.10 Å². The molecule has 0 aromatic carbocycles. The van der Waals surface area contributed by atoms with Crippen LogP contribution in [0.4, 0.5) is 0 Å². The normalized spacial score (nSPS) is 21.8. The average Bonchev–Trinajstić information content (AvgIpc) is 2.33. The van der Waals surface area contributed by atoms with Gasteiger partial charge in [-0.15, -0.1) is 0 Å². The summed E-state index contributed by atoms with van der Waals surface area (Å²) in [6.07, 6.45) is 3.36. The van der Waals surface area contributed by atoms with Gasteiger partial charge >= 0.3 is 6.01 Å². The van der Waals surface area contributed by atoms with Crippen LogP contribution < -0.4 is 14.8 Å². The van der Waals surface area contributed by atoms with E-state index in [1.54, 1.807) is 0 Å². The van der Waals surface area contributed by atoms with Crippen molar-refractivity contribution in [3.63, 3.8) is 0 Å². The molecule has 0 radical (unpaired) electrons. The van der Waals surface area contributed by atoms with E-state index in [2.05, 4.69) is 22.2 Å². The van der Waals surface area contributed by atoms with Crippen molar-refractivity contribution >= 4 is 0 Å². The summed E-state index contributed by atoms with van der Waals surface area (Å²) >= 11 is 0. The summed E-state index contributed by atoms with van der Waals surface area (Å²) < 4.78 is 11.3. The summed E-state index contributed by atoms with van der Waals surface area (Å²) in [5.74, 6) is 1.33. The third kappa shape index (κ3) is 4.06. The van der Waals surface area contributed by atoms with E-state index in [0.29, 0.717) is 18.5 Å². The highest BCUT2D eigenvalue weighted by atomic mass is 16.5. The first-order valence-electron chi connectivity index (χ1n) is 7.01. The summed E-state index contributed by atoms with van der Waals surface area (Å²) in [5, 5.41) is 3.19. The maximum atomic E-state index is 5.80. The van der Waals surface area contributed by atoms with Crippen LogP contribution in [-0.4, -0.2) is 36.3 Å². The largest absolute Gasteiger partial charge is 0.478 e. The van der Waals surface area contributed by atoms with Crippen LogP contribution >= 0.6 is 0 Å². The predicted molar refractivity (Wildman–Crippen MR) is 73.6 cm³/mol. The van der Waals surface area contributed by atoms with E-state index < -0.39 is 0 Å². The zero-order valence-corrected chi connectivity index (χ0v) is 12.0. The van der Waals surface area contributed by atoms with Crippen molar-refractivity contribution in [2.45, 2.75) is 39.2 Å². The van der Waals surface area contributed by atoms with Crippen molar-refractivity contribution in [1.82, 2.24) is 15.3 Å². The Bertz CT molecular complexity index is 406. The number of aromatic nitrogens is 2. The molecule has 1 aromatic rings. The van der Waals surface area contributed by atoms with Gasteiger partial charge in [0.2, 0.25) is 5.88 Å². The Hall–Kier alpha value is -1.36. The molecular weight excluding hydrogens is 242 g/mol. The number of nitrogens with one attached hydrogen (secondary N) is 1. The molecule has 1 aromatic heterocycles. The molecule has 0 aliphatic heterocycles. The second kappa shape index (κ2) is 6.70. The minimum Gasteiger partial charge on any atom is -0.478 e. The van der Waals surface area contributed by atoms with Crippen LogP contribution in [-0.2, 0) is 0 Å². The van der Waals surface area contributed by atoms with Gasteiger partial charge in [0.15, 0.2) is 0 Å². The number of aryl methyl sites for hydroxylation is 1. The molecule has 1 saturated carbocycles. The Kier molecular flexibility index (Phi) is 4.96. The van der Waals surface area contributed by atoms with Crippen LogP contribution in [0, 0.1) is 12.8 Å². The number of nitrogens with zero attached hydrogens (tertiary/aromatic N) is 2. The van der Waals surface area contributed by atoms with Crippen LogP contribution in [0.2, 0.25) is 0 Å². The lowest BCUT2D eigenvalue weighted by atomic mass is 9.82. The monoisotopic (exact) mass is 265 g/mol. The Morgan fingerprint density at radius 2 is 2.16 bits per heavy atom. The van der Waals surface area contributed by atoms with Gasteiger partial charge in [-0.1, -0.05) is 6.92 Å². The van der Waals surface area contributed by atoms with Crippen LogP contribution in [0.25, 0.3) is 0 Å². The molecule has 1 heterocycles.